The van der Waals surface area contributed by atoms with E-state index in [0.717, 1.165) is 47.8 Å². The van der Waals surface area contributed by atoms with Gasteiger partial charge in [0.25, 0.3) is 0 Å². The molecule has 4 nitrogen and oxygen atoms in total. The van der Waals surface area contributed by atoms with E-state index < -0.39 is 0 Å². The van der Waals surface area contributed by atoms with Crippen LogP contribution in [-0.2, 0) is 4.79 Å². The number of aldehydes is 1. The van der Waals surface area contributed by atoms with Crippen LogP contribution in [0.1, 0.15) is 45.1 Å². The molecule has 4 N–H and O–H groups in total. The molecule has 0 amide bonds. The molecule has 0 fully saturated rings. The minimum Gasteiger partial charge on any atom is -0.404 e. The molecular formula is C22H29N3O. The number of carbonyl (C=O) groups excluding carboxylic acids is 1. The smallest absolute Gasteiger partial charge is 0.126 e. The zero-order valence-corrected chi connectivity index (χ0v) is 15.7. The number of hydrogen-bond donors (Lipinski definition) is 2. The van der Waals surface area contributed by atoms with Gasteiger partial charge < -0.3 is 16.3 Å². The summed E-state index contributed by atoms with van der Waals surface area (Å²) in [5, 5.41) is 0. The molecule has 138 valence electrons. The van der Waals surface area contributed by atoms with Gasteiger partial charge in [-0.25, -0.2) is 4.99 Å². The Balaban J connectivity index is 2.94. The second-order valence-corrected chi connectivity index (χ2v) is 5.82. The molecule has 0 spiro atoms. The lowest BCUT2D eigenvalue weighted by atomic mass is 10.1. The maximum absolute atomic E-state index is 10.4. The molecule has 0 aliphatic carbocycles. The van der Waals surface area contributed by atoms with Crippen molar-refractivity contribution in [3.05, 3.63) is 77.3 Å². The number of allylic oxidation sites excluding steroid dienone is 6. The molecule has 0 atom stereocenters. The van der Waals surface area contributed by atoms with Crippen LogP contribution >= 0.6 is 0 Å². The Kier molecular flexibility index (Phi) is 10.2. The van der Waals surface area contributed by atoms with Gasteiger partial charge in [0.15, 0.2) is 0 Å². The topological polar surface area (TPSA) is 81.5 Å². The van der Waals surface area contributed by atoms with E-state index in [1.165, 1.54) is 0 Å². The van der Waals surface area contributed by atoms with E-state index in [2.05, 4.69) is 18.0 Å². The number of hydrogen-bond acceptors (Lipinski definition) is 4. The van der Waals surface area contributed by atoms with Gasteiger partial charge in [-0.05, 0) is 48.5 Å². The van der Waals surface area contributed by atoms with Gasteiger partial charge in [0.05, 0.1) is 0 Å². The van der Waals surface area contributed by atoms with Gasteiger partial charge >= 0.3 is 0 Å². The van der Waals surface area contributed by atoms with Crippen LogP contribution in [0.3, 0.4) is 0 Å². The number of nitrogens with zero attached hydrogens (tertiary/aromatic N) is 1. The quantitative estimate of drug-likeness (QED) is 0.282. The van der Waals surface area contributed by atoms with E-state index in [4.69, 9.17) is 11.5 Å². The predicted molar refractivity (Wildman–Crippen MR) is 111 cm³/mol. The van der Waals surface area contributed by atoms with Crippen molar-refractivity contribution in [3.63, 3.8) is 0 Å². The van der Waals surface area contributed by atoms with Crippen molar-refractivity contribution in [3.8, 4) is 0 Å². The van der Waals surface area contributed by atoms with E-state index in [1.54, 1.807) is 12.4 Å². The summed E-state index contributed by atoms with van der Waals surface area (Å²) in [6.45, 7) is 4.02. The lowest BCUT2D eigenvalue weighted by Gasteiger charge is -2.06. The zero-order chi connectivity index (χ0) is 19.2. The van der Waals surface area contributed by atoms with Gasteiger partial charge in [0, 0.05) is 18.8 Å². The monoisotopic (exact) mass is 351 g/mol. The molecule has 1 aromatic carbocycles. The number of carbonyl (C=O) groups is 1. The molecule has 1 rings (SSSR count). The van der Waals surface area contributed by atoms with Gasteiger partial charge in [-0.15, -0.1) is 0 Å². The van der Waals surface area contributed by atoms with Gasteiger partial charge in [-0.2, -0.15) is 0 Å². The number of rotatable bonds is 10. The van der Waals surface area contributed by atoms with Crippen molar-refractivity contribution in [2.24, 2.45) is 16.5 Å². The van der Waals surface area contributed by atoms with Gasteiger partial charge in [-0.3, -0.25) is 0 Å². The highest BCUT2D eigenvalue weighted by molar-refractivity contribution is 5.87. The molecule has 0 saturated carbocycles. The average molecular weight is 351 g/mol. The number of benzene rings is 1. The Morgan fingerprint density at radius 1 is 1.15 bits per heavy atom. The molecule has 1 aromatic rings. The van der Waals surface area contributed by atoms with Crippen LogP contribution in [0.5, 0.6) is 0 Å². The SMILES string of the molecule is CC/C=C(/C=N\C(N)=C(/C)c1ccccc1)C(\C=C/CCCC=O)=C\N. The zero-order valence-electron chi connectivity index (χ0n) is 15.7. The first kappa shape index (κ1) is 21.2. The van der Waals surface area contributed by atoms with Crippen LogP contribution in [0.2, 0.25) is 0 Å². The third-order valence-electron chi connectivity index (χ3n) is 3.86. The van der Waals surface area contributed by atoms with Crippen LogP contribution in [0.25, 0.3) is 5.57 Å². The molecule has 0 aromatic heterocycles. The summed E-state index contributed by atoms with van der Waals surface area (Å²) in [6, 6.07) is 9.94. The van der Waals surface area contributed by atoms with Crippen molar-refractivity contribution in [2.45, 2.75) is 39.5 Å². The Hall–Kier alpha value is -2.88. The minimum atomic E-state index is 0.476. The fourth-order valence-corrected chi connectivity index (χ4v) is 2.31. The van der Waals surface area contributed by atoms with Gasteiger partial charge in [0.1, 0.15) is 12.1 Å². The van der Waals surface area contributed by atoms with Crippen molar-refractivity contribution in [1.29, 1.82) is 0 Å². The summed E-state index contributed by atoms with van der Waals surface area (Å²) < 4.78 is 0. The normalized spacial score (nSPS) is 14.1. The fourth-order valence-electron chi connectivity index (χ4n) is 2.31. The third-order valence-corrected chi connectivity index (χ3v) is 3.86. The maximum atomic E-state index is 10.4. The molecule has 0 heterocycles. The Bertz CT molecular complexity index is 710. The van der Waals surface area contributed by atoms with Crippen molar-refractivity contribution < 1.29 is 4.79 Å². The minimum absolute atomic E-state index is 0.476. The highest BCUT2D eigenvalue weighted by atomic mass is 16.1. The van der Waals surface area contributed by atoms with Crippen LogP contribution in [-0.4, -0.2) is 12.5 Å². The van der Waals surface area contributed by atoms with Crippen LogP contribution in [0.4, 0.5) is 0 Å². The summed E-state index contributed by atoms with van der Waals surface area (Å²) in [5.41, 5.74) is 15.7. The maximum Gasteiger partial charge on any atom is 0.126 e. The molecule has 0 aliphatic rings. The molecule has 0 aliphatic heterocycles. The van der Waals surface area contributed by atoms with Gasteiger partial charge in [-0.1, -0.05) is 55.5 Å². The molecule has 0 bridgehead atoms. The molecular weight excluding hydrogens is 322 g/mol. The number of unbranched alkanes of at least 4 members (excludes halogenated alkanes) is 2. The van der Waals surface area contributed by atoms with E-state index in [-0.39, 0.29) is 0 Å². The molecule has 0 saturated heterocycles. The Morgan fingerprint density at radius 3 is 2.50 bits per heavy atom. The van der Waals surface area contributed by atoms with Crippen molar-refractivity contribution >= 4 is 18.1 Å². The van der Waals surface area contributed by atoms with E-state index in [0.29, 0.717) is 12.2 Å². The highest BCUT2D eigenvalue weighted by Gasteiger charge is 2.02. The van der Waals surface area contributed by atoms with Crippen molar-refractivity contribution in [2.75, 3.05) is 0 Å². The van der Waals surface area contributed by atoms with Crippen molar-refractivity contribution in [1.82, 2.24) is 0 Å². The Labute approximate surface area is 156 Å². The second kappa shape index (κ2) is 12.5. The van der Waals surface area contributed by atoms with E-state index >= 15 is 0 Å². The van der Waals surface area contributed by atoms with Crippen LogP contribution in [0.15, 0.2) is 76.7 Å². The van der Waals surface area contributed by atoms with Crippen LogP contribution < -0.4 is 11.5 Å². The van der Waals surface area contributed by atoms with E-state index in [9.17, 15) is 4.79 Å². The molecule has 26 heavy (non-hydrogen) atoms. The molecule has 0 unspecified atom stereocenters. The first-order valence-electron chi connectivity index (χ1n) is 8.92. The summed E-state index contributed by atoms with van der Waals surface area (Å²) in [4.78, 5) is 14.8. The molecule has 4 heteroatoms. The van der Waals surface area contributed by atoms with E-state index in [1.807, 2.05) is 49.4 Å². The lowest BCUT2D eigenvalue weighted by molar-refractivity contribution is -0.107. The Morgan fingerprint density at radius 2 is 1.88 bits per heavy atom. The molecule has 0 radical (unpaired) electrons. The van der Waals surface area contributed by atoms with Crippen LogP contribution in [0, 0.1) is 0 Å². The summed E-state index contributed by atoms with van der Waals surface area (Å²) in [7, 11) is 0. The first-order chi connectivity index (χ1) is 12.6. The van der Waals surface area contributed by atoms with Gasteiger partial charge in [0.2, 0.25) is 0 Å². The summed E-state index contributed by atoms with van der Waals surface area (Å²) in [6.07, 6.45) is 13.4. The summed E-state index contributed by atoms with van der Waals surface area (Å²) in [5.74, 6) is 0.476. The largest absolute Gasteiger partial charge is 0.404 e. The lowest BCUT2D eigenvalue weighted by Crippen LogP contribution is -2.00. The first-order valence-corrected chi connectivity index (χ1v) is 8.92. The number of nitrogens with two attached hydrogens (primary N) is 2. The summed E-state index contributed by atoms with van der Waals surface area (Å²) >= 11 is 0. The number of aliphatic imine (C=N–C) groups is 1. The fraction of sp³-hybridized carbons (Fsp3) is 0.273. The second-order valence-electron chi connectivity index (χ2n) is 5.82. The standard InChI is InChI=1S/C22H29N3O/c1-3-11-21(20(16-23)14-7-4-5-10-15-26)17-25-22(24)18(2)19-12-8-6-9-13-19/h6-9,11-17H,3-5,10,23-24H2,1-2H3/b14-7-,20-16+,21-11-,22-18+,25-17-. The third kappa shape index (κ3) is 7.34. The highest BCUT2D eigenvalue weighted by Crippen LogP contribution is 2.17. The average Bonchev–Trinajstić information content (AvgIpc) is 2.68. The predicted octanol–water partition coefficient (Wildman–Crippen LogP) is 4.51.